The Bertz CT molecular complexity index is 1220. The van der Waals surface area contributed by atoms with Gasteiger partial charge in [-0.25, -0.2) is 4.79 Å². The van der Waals surface area contributed by atoms with Crippen molar-refractivity contribution in [2.24, 2.45) is 0 Å². The number of methoxy groups -OCH3 is 1. The fourth-order valence-electron chi connectivity index (χ4n) is 4.52. The molecule has 2 aromatic carbocycles. The third-order valence-corrected chi connectivity index (χ3v) is 5.98. The van der Waals surface area contributed by atoms with Gasteiger partial charge in [0.2, 0.25) is 0 Å². The first kappa shape index (κ1) is 17.9. The van der Waals surface area contributed by atoms with E-state index in [1.54, 1.807) is 7.11 Å². The third-order valence-electron chi connectivity index (χ3n) is 5.98. The molecule has 6 nitrogen and oxygen atoms in total. The van der Waals surface area contributed by atoms with Gasteiger partial charge in [0.05, 0.1) is 18.1 Å². The van der Waals surface area contributed by atoms with Crippen LogP contribution in [0.2, 0.25) is 0 Å². The molecule has 4 aromatic rings. The van der Waals surface area contributed by atoms with Crippen LogP contribution in [0.5, 0.6) is 5.75 Å². The van der Waals surface area contributed by atoms with Gasteiger partial charge in [-0.3, -0.25) is 14.5 Å². The van der Waals surface area contributed by atoms with Crippen molar-refractivity contribution in [3.05, 3.63) is 70.8 Å². The van der Waals surface area contributed by atoms with Crippen molar-refractivity contribution in [2.45, 2.75) is 25.4 Å². The summed E-state index contributed by atoms with van der Waals surface area (Å²) in [5.74, 6) is 0.807. The van der Waals surface area contributed by atoms with Gasteiger partial charge in [-0.2, -0.15) is 0 Å². The number of imidazole rings is 1. The van der Waals surface area contributed by atoms with Crippen molar-refractivity contribution < 1.29 is 4.74 Å². The van der Waals surface area contributed by atoms with Crippen LogP contribution in [0.1, 0.15) is 24.4 Å². The molecule has 0 radical (unpaired) electrons. The summed E-state index contributed by atoms with van der Waals surface area (Å²) in [5.41, 5.74) is 4.08. The van der Waals surface area contributed by atoms with E-state index in [0.717, 1.165) is 60.2 Å². The Morgan fingerprint density at radius 2 is 1.93 bits per heavy atom. The lowest BCUT2D eigenvalue weighted by molar-refractivity contribution is 0.180. The van der Waals surface area contributed by atoms with Gasteiger partial charge in [-0.1, -0.05) is 24.3 Å². The van der Waals surface area contributed by atoms with Crippen LogP contribution in [0.15, 0.2) is 59.5 Å². The predicted molar refractivity (Wildman–Crippen MR) is 114 cm³/mol. The van der Waals surface area contributed by atoms with Crippen molar-refractivity contribution >= 4 is 21.9 Å². The van der Waals surface area contributed by atoms with Crippen molar-refractivity contribution in [2.75, 3.05) is 20.2 Å². The SMILES string of the molecule is COc1cccc2c(CN3CCC(n4c(=O)[nH]c5ccccc54)CC3)ccnc12. The minimum absolute atomic E-state index is 0.00290. The summed E-state index contributed by atoms with van der Waals surface area (Å²) in [5, 5.41) is 1.14. The van der Waals surface area contributed by atoms with Crippen molar-refractivity contribution in [3.8, 4) is 5.75 Å². The Hall–Kier alpha value is -3.12. The summed E-state index contributed by atoms with van der Waals surface area (Å²) in [6, 6.07) is 16.3. The first-order valence-electron chi connectivity index (χ1n) is 10.1. The van der Waals surface area contributed by atoms with Crippen LogP contribution < -0.4 is 10.4 Å². The molecule has 1 N–H and O–H groups in total. The molecule has 1 aliphatic rings. The highest BCUT2D eigenvalue weighted by Gasteiger charge is 2.24. The highest BCUT2D eigenvalue weighted by atomic mass is 16.5. The van der Waals surface area contributed by atoms with Gasteiger partial charge in [-0.15, -0.1) is 0 Å². The lowest BCUT2D eigenvalue weighted by Gasteiger charge is -2.32. The number of nitrogens with one attached hydrogen (secondary N) is 1. The highest BCUT2D eigenvalue weighted by Crippen LogP contribution is 2.29. The fourth-order valence-corrected chi connectivity index (χ4v) is 4.52. The molecule has 5 rings (SSSR count). The number of pyridine rings is 1. The summed E-state index contributed by atoms with van der Waals surface area (Å²) in [6.07, 6.45) is 3.79. The molecule has 2 aromatic heterocycles. The molecular formula is C23H24N4O2. The molecule has 0 amide bonds. The average molecular weight is 388 g/mol. The number of likely N-dealkylation sites (tertiary alicyclic amines) is 1. The first-order chi connectivity index (χ1) is 14.2. The second-order valence-electron chi connectivity index (χ2n) is 7.65. The lowest BCUT2D eigenvalue weighted by Crippen LogP contribution is -2.36. The Morgan fingerprint density at radius 1 is 1.10 bits per heavy atom. The predicted octanol–water partition coefficient (Wildman–Crippen LogP) is 3.72. The van der Waals surface area contributed by atoms with Crippen LogP contribution in [-0.2, 0) is 6.54 Å². The van der Waals surface area contributed by atoms with Gasteiger partial charge in [-0.05, 0) is 42.7 Å². The quantitative estimate of drug-likeness (QED) is 0.579. The van der Waals surface area contributed by atoms with Gasteiger partial charge >= 0.3 is 5.69 Å². The number of para-hydroxylation sites is 3. The Balaban J connectivity index is 1.35. The lowest BCUT2D eigenvalue weighted by atomic mass is 10.0. The van der Waals surface area contributed by atoms with Gasteiger partial charge in [0.25, 0.3) is 0 Å². The number of benzene rings is 2. The molecule has 0 atom stereocenters. The second kappa shape index (κ2) is 7.37. The number of aromatic amines is 1. The number of piperidine rings is 1. The summed E-state index contributed by atoms with van der Waals surface area (Å²) in [6.45, 7) is 2.80. The van der Waals surface area contributed by atoms with Crippen molar-refractivity contribution in [1.29, 1.82) is 0 Å². The minimum atomic E-state index is -0.00290. The van der Waals surface area contributed by atoms with Crippen LogP contribution in [0.25, 0.3) is 21.9 Å². The molecule has 1 fully saturated rings. The van der Waals surface area contributed by atoms with E-state index in [1.165, 1.54) is 5.56 Å². The highest BCUT2D eigenvalue weighted by molar-refractivity contribution is 5.87. The van der Waals surface area contributed by atoms with E-state index in [2.05, 4.69) is 27.0 Å². The normalized spacial score (nSPS) is 15.9. The Labute approximate surface area is 168 Å². The van der Waals surface area contributed by atoms with Gasteiger partial charge < -0.3 is 9.72 Å². The molecule has 148 valence electrons. The number of nitrogens with zero attached hydrogens (tertiary/aromatic N) is 3. The molecule has 0 aliphatic carbocycles. The smallest absolute Gasteiger partial charge is 0.326 e. The second-order valence-corrected chi connectivity index (χ2v) is 7.65. The molecule has 1 aliphatic heterocycles. The summed E-state index contributed by atoms with van der Waals surface area (Å²) in [4.78, 5) is 22.4. The number of ether oxygens (including phenoxy) is 1. The molecular weight excluding hydrogens is 364 g/mol. The van der Waals surface area contributed by atoms with E-state index in [9.17, 15) is 4.79 Å². The van der Waals surface area contributed by atoms with E-state index < -0.39 is 0 Å². The van der Waals surface area contributed by atoms with Gasteiger partial charge in [0.15, 0.2) is 0 Å². The maximum atomic E-state index is 12.5. The minimum Gasteiger partial charge on any atom is -0.494 e. The molecule has 0 unspecified atom stereocenters. The Morgan fingerprint density at radius 3 is 2.76 bits per heavy atom. The van der Waals surface area contributed by atoms with Crippen LogP contribution in [0.3, 0.4) is 0 Å². The third kappa shape index (κ3) is 3.19. The van der Waals surface area contributed by atoms with E-state index in [0.29, 0.717) is 0 Å². The van der Waals surface area contributed by atoms with E-state index in [4.69, 9.17) is 4.74 Å². The molecule has 6 heteroatoms. The van der Waals surface area contributed by atoms with Gasteiger partial charge in [0.1, 0.15) is 11.3 Å². The van der Waals surface area contributed by atoms with Crippen molar-refractivity contribution in [3.63, 3.8) is 0 Å². The summed E-state index contributed by atoms with van der Waals surface area (Å²) >= 11 is 0. The average Bonchev–Trinajstić information content (AvgIpc) is 3.10. The molecule has 3 heterocycles. The molecule has 0 spiro atoms. The van der Waals surface area contributed by atoms with Gasteiger partial charge in [0, 0.05) is 37.3 Å². The van der Waals surface area contributed by atoms with Crippen LogP contribution in [0, 0.1) is 0 Å². The topological polar surface area (TPSA) is 63.1 Å². The monoisotopic (exact) mass is 388 g/mol. The maximum absolute atomic E-state index is 12.5. The van der Waals surface area contributed by atoms with Crippen LogP contribution >= 0.6 is 0 Å². The van der Waals surface area contributed by atoms with E-state index >= 15 is 0 Å². The molecule has 0 bridgehead atoms. The number of hydrogen-bond donors (Lipinski definition) is 1. The number of hydrogen-bond acceptors (Lipinski definition) is 4. The zero-order valence-corrected chi connectivity index (χ0v) is 16.5. The molecule has 0 saturated carbocycles. The molecule has 29 heavy (non-hydrogen) atoms. The first-order valence-corrected chi connectivity index (χ1v) is 10.1. The number of rotatable bonds is 4. The summed E-state index contributed by atoms with van der Waals surface area (Å²) in [7, 11) is 1.68. The van der Waals surface area contributed by atoms with E-state index in [1.807, 2.05) is 47.2 Å². The largest absolute Gasteiger partial charge is 0.494 e. The summed E-state index contributed by atoms with van der Waals surface area (Å²) < 4.78 is 7.41. The standard InChI is InChI=1S/C23H24N4O2/c1-29-21-8-4-5-18-16(9-12-24-22(18)21)15-26-13-10-17(11-14-26)27-20-7-3-2-6-19(20)25-23(27)28/h2-9,12,17H,10-11,13-15H2,1H3,(H,25,28). The van der Waals surface area contributed by atoms with E-state index in [-0.39, 0.29) is 11.7 Å². The number of aromatic nitrogens is 3. The maximum Gasteiger partial charge on any atom is 0.326 e. The van der Waals surface area contributed by atoms with Crippen molar-refractivity contribution in [1.82, 2.24) is 19.4 Å². The zero-order valence-electron chi connectivity index (χ0n) is 16.5. The number of H-pyrrole nitrogens is 1. The zero-order chi connectivity index (χ0) is 19.8. The van der Waals surface area contributed by atoms with Crippen LogP contribution in [0.4, 0.5) is 0 Å². The van der Waals surface area contributed by atoms with Crippen LogP contribution in [-0.4, -0.2) is 39.6 Å². The Kier molecular flexibility index (Phi) is 4.56. The number of fused-ring (bicyclic) bond motifs is 2. The fraction of sp³-hybridized carbons (Fsp3) is 0.304. The molecule has 1 saturated heterocycles.